The molecular formula is C15H24Br2O3. The van der Waals surface area contributed by atoms with Crippen molar-refractivity contribution in [1.29, 1.82) is 0 Å². The minimum absolute atomic E-state index is 0.0773. The summed E-state index contributed by atoms with van der Waals surface area (Å²) >= 11 is 7.26. The molecule has 0 spiro atoms. The monoisotopic (exact) mass is 410 g/mol. The number of methoxy groups -OCH3 is 2. The highest BCUT2D eigenvalue weighted by Crippen LogP contribution is 2.63. The molecule has 0 aromatic rings. The number of unbranched alkanes of at least 4 members (excludes halogenated alkanes) is 3. The van der Waals surface area contributed by atoms with E-state index in [1.54, 1.807) is 14.2 Å². The first kappa shape index (κ1) is 16.9. The second kappa shape index (κ2) is 6.78. The third-order valence-electron chi connectivity index (χ3n) is 4.88. The van der Waals surface area contributed by atoms with E-state index in [0.717, 1.165) is 21.8 Å². The lowest BCUT2D eigenvalue weighted by Crippen LogP contribution is -2.42. The van der Waals surface area contributed by atoms with Crippen LogP contribution in [-0.4, -0.2) is 31.2 Å². The molecular weight excluding hydrogens is 388 g/mol. The number of aliphatic hydroxyl groups is 1. The van der Waals surface area contributed by atoms with Crippen LogP contribution in [0.1, 0.15) is 39.0 Å². The van der Waals surface area contributed by atoms with Crippen LogP contribution in [0.4, 0.5) is 0 Å². The van der Waals surface area contributed by atoms with Crippen LogP contribution in [0, 0.1) is 17.8 Å². The fourth-order valence-corrected chi connectivity index (χ4v) is 5.64. The van der Waals surface area contributed by atoms with E-state index in [9.17, 15) is 5.11 Å². The van der Waals surface area contributed by atoms with Gasteiger partial charge in [0.1, 0.15) is 0 Å². The largest absolute Gasteiger partial charge is 0.392 e. The van der Waals surface area contributed by atoms with Gasteiger partial charge in [0.05, 0.1) is 17.9 Å². The Labute approximate surface area is 138 Å². The maximum atomic E-state index is 10.7. The first-order valence-corrected chi connectivity index (χ1v) is 8.97. The van der Waals surface area contributed by atoms with Crippen LogP contribution in [0.15, 0.2) is 8.96 Å². The number of hydrogen-bond acceptors (Lipinski definition) is 3. The van der Waals surface area contributed by atoms with E-state index >= 15 is 0 Å². The maximum Gasteiger partial charge on any atom is 0.185 e. The highest BCUT2D eigenvalue weighted by Gasteiger charge is 2.67. The number of halogens is 2. The highest BCUT2D eigenvalue weighted by molar-refractivity contribution is 9.14. The lowest BCUT2D eigenvalue weighted by molar-refractivity contribution is -0.236. The lowest BCUT2D eigenvalue weighted by Gasteiger charge is -2.32. The molecule has 0 unspecified atom stereocenters. The Morgan fingerprint density at radius 1 is 1.05 bits per heavy atom. The van der Waals surface area contributed by atoms with Gasteiger partial charge in [-0.05, 0) is 12.3 Å². The Kier molecular flexibility index (Phi) is 5.74. The van der Waals surface area contributed by atoms with Crippen molar-refractivity contribution in [2.45, 2.75) is 50.9 Å². The summed E-state index contributed by atoms with van der Waals surface area (Å²) in [5, 5.41) is 10.7. The molecule has 1 fully saturated rings. The Bertz CT molecular complexity index is 379. The first-order chi connectivity index (χ1) is 9.55. The van der Waals surface area contributed by atoms with Crippen LogP contribution < -0.4 is 0 Å². The zero-order valence-corrected chi connectivity index (χ0v) is 15.5. The van der Waals surface area contributed by atoms with Gasteiger partial charge in [-0.25, -0.2) is 0 Å². The number of hydrogen-bond donors (Lipinski definition) is 1. The lowest BCUT2D eigenvalue weighted by atomic mass is 9.86. The topological polar surface area (TPSA) is 38.7 Å². The van der Waals surface area contributed by atoms with Crippen molar-refractivity contribution in [1.82, 2.24) is 0 Å². The number of rotatable bonds is 7. The van der Waals surface area contributed by atoms with Gasteiger partial charge in [-0.3, -0.25) is 0 Å². The normalized spacial score (nSPS) is 35.1. The van der Waals surface area contributed by atoms with E-state index in [-0.39, 0.29) is 17.8 Å². The molecule has 5 heteroatoms. The molecule has 2 rings (SSSR count). The minimum atomic E-state index is -0.730. The van der Waals surface area contributed by atoms with Gasteiger partial charge >= 0.3 is 0 Å². The summed E-state index contributed by atoms with van der Waals surface area (Å²) < 4.78 is 13.5. The van der Waals surface area contributed by atoms with Crippen molar-refractivity contribution in [2.75, 3.05) is 14.2 Å². The Hall–Kier alpha value is 0.580. The summed E-state index contributed by atoms with van der Waals surface area (Å²) in [5.41, 5.74) is 0. The van der Waals surface area contributed by atoms with Crippen molar-refractivity contribution in [3.8, 4) is 0 Å². The third kappa shape index (κ3) is 2.43. The van der Waals surface area contributed by atoms with Crippen molar-refractivity contribution in [3.63, 3.8) is 0 Å². The number of fused-ring (bicyclic) bond motifs is 2. The van der Waals surface area contributed by atoms with Crippen molar-refractivity contribution in [2.24, 2.45) is 17.8 Å². The molecule has 2 bridgehead atoms. The van der Waals surface area contributed by atoms with Gasteiger partial charge in [0.25, 0.3) is 0 Å². The van der Waals surface area contributed by atoms with E-state index in [1.807, 2.05) is 0 Å². The molecule has 0 heterocycles. The molecule has 0 aromatic heterocycles. The predicted molar refractivity (Wildman–Crippen MR) is 86.9 cm³/mol. The average molecular weight is 412 g/mol. The van der Waals surface area contributed by atoms with E-state index in [1.165, 1.54) is 19.3 Å². The van der Waals surface area contributed by atoms with E-state index in [0.29, 0.717) is 0 Å². The van der Waals surface area contributed by atoms with E-state index < -0.39 is 11.9 Å². The second-order valence-electron chi connectivity index (χ2n) is 5.78. The fourth-order valence-electron chi connectivity index (χ4n) is 3.90. The van der Waals surface area contributed by atoms with Crippen LogP contribution in [0.2, 0.25) is 0 Å². The molecule has 1 saturated carbocycles. The fraction of sp³-hybridized carbons (Fsp3) is 0.867. The number of ether oxygens (including phenoxy) is 2. The predicted octanol–water partition coefficient (Wildman–Crippen LogP) is 4.18. The van der Waals surface area contributed by atoms with Crippen molar-refractivity contribution < 1.29 is 14.6 Å². The third-order valence-corrected chi connectivity index (χ3v) is 7.25. The zero-order chi connectivity index (χ0) is 14.9. The zero-order valence-electron chi connectivity index (χ0n) is 12.4. The maximum absolute atomic E-state index is 10.7. The van der Waals surface area contributed by atoms with Gasteiger partial charge < -0.3 is 14.6 Å². The molecule has 4 atom stereocenters. The van der Waals surface area contributed by atoms with Crippen LogP contribution >= 0.6 is 31.9 Å². The van der Waals surface area contributed by atoms with Crippen LogP contribution in [-0.2, 0) is 9.47 Å². The molecule has 20 heavy (non-hydrogen) atoms. The summed E-state index contributed by atoms with van der Waals surface area (Å²) in [6.07, 6.45) is 5.49. The van der Waals surface area contributed by atoms with Gasteiger partial charge in [0.2, 0.25) is 0 Å². The molecule has 1 N–H and O–H groups in total. The Morgan fingerprint density at radius 2 is 1.65 bits per heavy atom. The smallest absolute Gasteiger partial charge is 0.185 e. The molecule has 0 aromatic carbocycles. The van der Waals surface area contributed by atoms with Gasteiger partial charge in [-0.2, -0.15) is 0 Å². The molecule has 2 aliphatic carbocycles. The molecule has 0 amide bonds. The molecule has 116 valence electrons. The van der Waals surface area contributed by atoms with E-state index in [4.69, 9.17) is 9.47 Å². The van der Waals surface area contributed by atoms with Crippen molar-refractivity contribution in [3.05, 3.63) is 8.96 Å². The summed E-state index contributed by atoms with van der Waals surface area (Å²) in [6.45, 7) is 2.21. The average Bonchev–Trinajstić information content (AvgIpc) is 2.82. The van der Waals surface area contributed by atoms with Crippen LogP contribution in [0.5, 0.6) is 0 Å². The van der Waals surface area contributed by atoms with Gasteiger partial charge in [0, 0.05) is 23.2 Å². The summed E-state index contributed by atoms with van der Waals surface area (Å²) in [6, 6.07) is 0. The van der Waals surface area contributed by atoms with Gasteiger partial charge in [-0.1, -0.05) is 64.5 Å². The first-order valence-electron chi connectivity index (χ1n) is 7.38. The van der Waals surface area contributed by atoms with Gasteiger partial charge in [-0.15, -0.1) is 0 Å². The molecule has 0 radical (unpaired) electrons. The van der Waals surface area contributed by atoms with Gasteiger partial charge in [0.15, 0.2) is 5.79 Å². The minimum Gasteiger partial charge on any atom is -0.392 e. The summed E-state index contributed by atoms with van der Waals surface area (Å²) in [5.74, 6) is -0.582. The molecule has 0 saturated heterocycles. The van der Waals surface area contributed by atoms with E-state index in [2.05, 4.69) is 38.8 Å². The summed E-state index contributed by atoms with van der Waals surface area (Å²) in [4.78, 5) is 0. The second-order valence-corrected chi connectivity index (χ2v) is 7.49. The van der Waals surface area contributed by atoms with Crippen LogP contribution in [0.25, 0.3) is 0 Å². The van der Waals surface area contributed by atoms with Crippen molar-refractivity contribution >= 4 is 31.9 Å². The quantitative estimate of drug-likeness (QED) is 0.504. The highest BCUT2D eigenvalue weighted by atomic mass is 79.9. The SMILES string of the molecule is CCCCCC[C@@H]1[C@H](O)[C@@H]2C(Br)=C(Br)[C@H]1C2(OC)OC. The molecule has 0 aliphatic heterocycles. The Morgan fingerprint density at radius 3 is 2.15 bits per heavy atom. The number of aliphatic hydroxyl groups excluding tert-OH is 1. The van der Waals surface area contributed by atoms with Crippen LogP contribution in [0.3, 0.4) is 0 Å². The summed E-state index contributed by atoms with van der Waals surface area (Å²) in [7, 11) is 3.34. The molecule has 2 aliphatic rings. The Balaban J connectivity index is 2.16. The molecule has 3 nitrogen and oxygen atoms in total. The standard InChI is InChI=1S/C15H24Br2O3/c1-4-5-6-7-8-9-10-12(16)13(17)11(14(9)18)15(10,19-2)20-3/h9-11,14,18H,4-8H2,1-3H3/t9-,10-,11-,14-/m0/s1.